The first-order chi connectivity index (χ1) is 10.3. The zero-order valence-corrected chi connectivity index (χ0v) is 13.0. The number of benzene rings is 1. The van der Waals surface area contributed by atoms with E-state index in [1.807, 2.05) is 25.1 Å². The van der Waals surface area contributed by atoms with Crippen LogP contribution in [0.3, 0.4) is 0 Å². The Morgan fingerprint density at radius 3 is 2.76 bits per heavy atom. The lowest BCUT2D eigenvalue weighted by Gasteiger charge is -2.11. The number of fused-ring (bicyclic) bond motifs is 1. The molecule has 0 saturated carbocycles. The molecule has 1 aromatic rings. The zero-order chi connectivity index (χ0) is 15.1. The van der Waals surface area contributed by atoms with Crippen LogP contribution >= 0.6 is 0 Å². The molecule has 0 saturated heterocycles. The Balaban J connectivity index is 1.83. The average molecular weight is 292 g/mol. The third-order valence-corrected chi connectivity index (χ3v) is 3.69. The van der Waals surface area contributed by atoms with Gasteiger partial charge in [-0.25, -0.2) is 0 Å². The standard InChI is InChI=1S/C16H25BO4/c1-3-5-10-19-11-7-12-20-15-9-6-8-13-14(4-2)21-17(18)16(13)15/h6,8-9,14,18H,3-5,7,10-12H2,1-2H3/t14-/m1/s1. The molecule has 0 bridgehead atoms. The summed E-state index contributed by atoms with van der Waals surface area (Å²) in [5.74, 6) is 0.726. The van der Waals surface area contributed by atoms with E-state index < -0.39 is 7.12 Å². The Morgan fingerprint density at radius 2 is 2.00 bits per heavy atom. The van der Waals surface area contributed by atoms with Gasteiger partial charge in [0, 0.05) is 25.1 Å². The van der Waals surface area contributed by atoms with E-state index in [0.29, 0.717) is 13.2 Å². The van der Waals surface area contributed by atoms with Crippen LogP contribution in [0.1, 0.15) is 51.2 Å². The van der Waals surface area contributed by atoms with Crippen LogP contribution in [-0.4, -0.2) is 32.0 Å². The van der Waals surface area contributed by atoms with Gasteiger partial charge < -0.3 is 19.2 Å². The first kappa shape index (κ1) is 16.3. The van der Waals surface area contributed by atoms with E-state index in [1.165, 1.54) is 0 Å². The van der Waals surface area contributed by atoms with E-state index in [9.17, 15) is 5.02 Å². The molecule has 116 valence electrons. The number of hydrogen-bond donors (Lipinski definition) is 1. The normalized spacial score (nSPS) is 17.1. The Kier molecular flexibility index (Phi) is 6.55. The summed E-state index contributed by atoms with van der Waals surface area (Å²) in [6.07, 6.45) is 3.93. The second-order valence-electron chi connectivity index (χ2n) is 5.31. The van der Waals surface area contributed by atoms with Gasteiger partial charge in [0.05, 0.1) is 12.7 Å². The van der Waals surface area contributed by atoms with Crippen molar-refractivity contribution in [3.8, 4) is 5.75 Å². The monoisotopic (exact) mass is 292 g/mol. The van der Waals surface area contributed by atoms with Crippen molar-refractivity contribution in [3.63, 3.8) is 0 Å². The number of unbranched alkanes of at least 4 members (excludes halogenated alkanes) is 1. The molecule has 2 rings (SSSR count). The zero-order valence-electron chi connectivity index (χ0n) is 13.0. The molecule has 1 aromatic carbocycles. The summed E-state index contributed by atoms with van der Waals surface area (Å²) >= 11 is 0. The molecule has 0 amide bonds. The fourth-order valence-electron chi connectivity index (χ4n) is 2.54. The van der Waals surface area contributed by atoms with E-state index in [1.54, 1.807) is 0 Å². The number of hydrogen-bond acceptors (Lipinski definition) is 4. The molecule has 0 aliphatic carbocycles. The SMILES string of the molecule is CCCCOCCCOc1cccc2c1B(O)O[C@@H]2CC. The van der Waals surface area contributed by atoms with Crippen LogP contribution < -0.4 is 10.2 Å². The maximum absolute atomic E-state index is 10.0. The van der Waals surface area contributed by atoms with Gasteiger partial charge in [-0.2, -0.15) is 0 Å². The average Bonchev–Trinajstić information content (AvgIpc) is 2.84. The van der Waals surface area contributed by atoms with Gasteiger partial charge in [0.1, 0.15) is 5.75 Å². The van der Waals surface area contributed by atoms with Crippen LogP contribution in [0.15, 0.2) is 18.2 Å². The molecule has 1 atom stereocenters. The number of ether oxygens (including phenoxy) is 2. The van der Waals surface area contributed by atoms with Gasteiger partial charge in [0.25, 0.3) is 0 Å². The van der Waals surface area contributed by atoms with E-state index >= 15 is 0 Å². The minimum Gasteiger partial charge on any atom is -0.494 e. The van der Waals surface area contributed by atoms with E-state index in [-0.39, 0.29) is 6.10 Å². The molecule has 0 fully saturated rings. The lowest BCUT2D eigenvalue weighted by atomic mass is 9.78. The molecule has 1 aliphatic heterocycles. The van der Waals surface area contributed by atoms with Crippen molar-refractivity contribution in [3.05, 3.63) is 23.8 Å². The second-order valence-corrected chi connectivity index (χ2v) is 5.31. The third kappa shape index (κ3) is 4.22. The summed E-state index contributed by atoms with van der Waals surface area (Å²) < 4.78 is 16.8. The lowest BCUT2D eigenvalue weighted by Crippen LogP contribution is -2.30. The van der Waals surface area contributed by atoms with E-state index in [2.05, 4.69) is 6.92 Å². The molecule has 1 heterocycles. The summed E-state index contributed by atoms with van der Waals surface area (Å²) in [6, 6.07) is 5.85. The Labute approximate surface area is 127 Å². The van der Waals surface area contributed by atoms with Gasteiger partial charge in [0.15, 0.2) is 0 Å². The van der Waals surface area contributed by atoms with Gasteiger partial charge in [-0.05, 0) is 24.5 Å². The number of rotatable bonds is 9. The smallest absolute Gasteiger partial charge is 0.494 e. The van der Waals surface area contributed by atoms with Crippen LogP contribution in [0.5, 0.6) is 5.75 Å². The van der Waals surface area contributed by atoms with Crippen molar-refractivity contribution in [1.82, 2.24) is 0 Å². The Morgan fingerprint density at radius 1 is 1.19 bits per heavy atom. The van der Waals surface area contributed by atoms with E-state index in [0.717, 1.165) is 49.1 Å². The summed E-state index contributed by atoms with van der Waals surface area (Å²) in [5, 5.41) is 10.0. The van der Waals surface area contributed by atoms with Gasteiger partial charge in [0.2, 0.25) is 0 Å². The predicted octanol–water partition coefficient (Wildman–Crippen LogP) is 2.44. The van der Waals surface area contributed by atoms with Gasteiger partial charge in [-0.1, -0.05) is 32.4 Å². The first-order valence-electron chi connectivity index (χ1n) is 7.94. The second kappa shape index (κ2) is 8.42. The molecular formula is C16H25BO4. The summed E-state index contributed by atoms with van der Waals surface area (Å²) in [5.41, 5.74) is 1.83. The quantitative estimate of drug-likeness (QED) is 0.561. The molecule has 0 unspecified atom stereocenters. The summed E-state index contributed by atoms with van der Waals surface area (Å²) in [6.45, 7) is 6.33. The Bertz CT molecular complexity index is 438. The highest BCUT2D eigenvalue weighted by Crippen LogP contribution is 2.29. The molecule has 0 radical (unpaired) electrons. The largest absolute Gasteiger partial charge is 0.495 e. The van der Waals surface area contributed by atoms with Gasteiger partial charge >= 0.3 is 7.12 Å². The fourth-order valence-corrected chi connectivity index (χ4v) is 2.54. The van der Waals surface area contributed by atoms with Crippen LogP contribution in [0.4, 0.5) is 0 Å². The van der Waals surface area contributed by atoms with Crippen LogP contribution in [0.25, 0.3) is 0 Å². The van der Waals surface area contributed by atoms with E-state index in [4.69, 9.17) is 14.1 Å². The summed E-state index contributed by atoms with van der Waals surface area (Å²) in [4.78, 5) is 0. The molecule has 1 N–H and O–H groups in total. The molecule has 0 spiro atoms. The fraction of sp³-hybridized carbons (Fsp3) is 0.625. The maximum Gasteiger partial charge on any atom is 0.495 e. The molecule has 1 aliphatic rings. The van der Waals surface area contributed by atoms with Crippen molar-refractivity contribution in [2.24, 2.45) is 0 Å². The molecule has 5 heteroatoms. The maximum atomic E-state index is 10.0. The molecule has 4 nitrogen and oxygen atoms in total. The van der Waals surface area contributed by atoms with Crippen LogP contribution in [0.2, 0.25) is 0 Å². The van der Waals surface area contributed by atoms with Crippen LogP contribution in [0, 0.1) is 0 Å². The van der Waals surface area contributed by atoms with Crippen molar-refractivity contribution in [1.29, 1.82) is 0 Å². The Hall–Kier alpha value is -1.04. The van der Waals surface area contributed by atoms with Crippen molar-refractivity contribution in [2.75, 3.05) is 19.8 Å². The van der Waals surface area contributed by atoms with Crippen molar-refractivity contribution < 1.29 is 19.2 Å². The lowest BCUT2D eigenvalue weighted by molar-refractivity contribution is 0.117. The van der Waals surface area contributed by atoms with Gasteiger partial charge in [-0.3, -0.25) is 0 Å². The topological polar surface area (TPSA) is 47.9 Å². The summed E-state index contributed by atoms with van der Waals surface area (Å²) in [7, 11) is -0.873. The first-order valence-corrected chi connectivity index (χ1v) is 7.94. The third-order valence-electron chi connectivity index (χ3n) is 3.69. The highest BCUT2D eigenvalue weighted by Gasteiger charge is 2.36. The van der Waals surface area contributed by atoms with Crippen LogP contribution in [-0.2, 0) is 9.39 Å². The minimum atomic E-state index is -0.873. The molecule has 0 aromatic heterocycles. The predicted molar refractivity (Wildman–Crippen MR) is 84.0 cm³/mol. The van der Waals surface area contributed by atoms with Gasteiger partial charge in [-0.15, -0.1) is 0 Å². The van der Waals surface area contributed by atoms with Crippen molar-refractivity contribution >= 4 is 12.6 Å². The highest BCUT2D eigenvalue weighted by atomic mass is 16.5. The van der Waals surface area contributed by atoms with Crippen molar-refractivity contribution in [2.45, 2.75) is 45.6 Å². The highest BCUT2D eigenvalue weighted by molar-refractivity contribution is 6.62. The molecule has 21 heavy (non-hydrogen) atoms. The molecular weight excluding hydrogens is 267 g/mol. The minimum absolute atomic E-state index is 0.0315.